The Balaban J connectivity index is 1.35. The fourth-order valence-electron chi connectivity index (χ4n) is 3.20. The van der Waals surface area contributed by atoms with Crippen molar-refractivity contribution in [2.24, 2.45) is 0 Å². The lowest BCUT2D eigenvalue weighted by molar-refractivity contribution is -0.118. The third-order valence-electron chi connectivity index (χ3n) is 4.83. The largest absolute Gasteiger partial charge is 0.357 e. The van der Waals surface area contributed by atoms with Gasteiger partial charge in [-0.15, -0.1) is 22.7 Å². The van der Waals surface area contributed by atoms with Crippen molar-refractivity contribution < 1.29 is 9.59 Å². The molecule has 1 aromatic carbocycles. The summed E-state index contributed by atoms with van der Waals surface area (Å²) in [7, 11) is 0. The first-order chi connectivity index (χ1) is 15.5. The van der Waals surface area contributed by atoms with Crippen LogP contribution in [0.1, 0.15) is 34.4 Å². The molecule has 7 nitrogen and oxygen atoms in total. The number of aromatic nitrogens is 3. The minimum atomic E-state index is -0.237. The molecule has 0 atom stereocenters. The molecule has 0 bridgehead atoms. The SMILES string of the molecule is CC(=O)NCCCc1ccc(-c2csc(NC(=O)c3cc(-c4csc(C)n4)c[nH]3)n2)cc1. The summed E-state index contributed by atoms with van der Waals surface area (Å²) < 4.78 is 0. The molecule has 0 aliphatic carbocycles. The lowest BCUT2D eigenvalue weighted by Crippen LogP contribution is -2.21. The number of thiazole rings is 2. The first-order valence-electron chi connectivity index (χ1n) is 10.2. The lowest BCUT2D eigenvalue weighted by Gasteiger charge is -2.04. The average molecular weight is 466 g/mol. The zero-order chi connectivity index (χ0) is 22.5. The summed E-state index contributed by atoms with van der Waals surface area (Å²) in [5, 5.41) is 11.1. The number of hydrogen-bond donors (Lipinski definition) is 3. The number of benzene rings is 1. The van der Waals surface area contributed by atoms with E-state index < -0.39 is 0 Å². The van der Waals surface area contributed by atoms with Crippen LogP contribution in [0.15, 0.2) is 47.3 Å². The summed E-state index contributed by atoms with van der Waals surface area (Å²) in [6.07, 6.45) is 3.58. The van der Waals surface area contributed by atoms with E-state index in [9.17, 15) is 9.59 Å². The van der Waals surface area contributed by atoms with Gasteiger partial charge in [-0.2, -0.15) is 0 Å². The standard InChI is InChI=1S/C23H23N5O2S2/c1-14(29)24-9-3-4-16-5-7-17(8-6-16)20-13-32-23(27-20)28-22(30)19-10-18(11-25-19)21-12-31-15(2)26-21/h5-8,10-13,25H,3-4,9H2,1-2H3,(H,24,29)(H,27,28,30). The maximum absolute atomic E-state index is 12.6. The Labute approximate surface area is 194 Å². The maximum atomic E-state index is 12.6. The molecule has 0 aliphatic heterocycles. The van der Waals surface area contributed by atoms with Crippen LogP contribution < -0.4 is 10.6 Å². The van der Waals surface area contributed by atoms with Gasteiger partial charge in [0.25, 0.3) is 5.91 Å². The maximum Gasteiger partial charge on any atom is 0.273 e. The third-order valence-corrected chi connectivity index (χ3v) is 6.36. The summed E-state index contributed by atoms with van der Waals surface area (Å²) in [5.41, 5.74) is 5.23. The smallest absolute Gasteiger partial charge is 0.273 e. The Hall–Kier alpha value is -3.30. The molecule has 0 unspecified atom stereocenters. The van der Waals surface area contributed by atoms with Crippen molar-refractivity contribution in [1.29, 1.82) is 0 Å². The van der Waals surface area contributed by atoms with Gasteiger partial charge in [0.05, 0.1) is 16.4 Å². The molecule has 4 rings (SSSR count). The van der Waals surface area contributed by atoms with Gasteiger partial charge < -0.3 is 10.3 Å². The zero-order valence-electron chi connectivity index (χ0n) is 17.8. The number of rotatable bonds is 8. The molecule has 3 aromatic heterocycles. The van der Waals surface area contributed by atoms with Crippen molar-refractivity contribution in [3.05, 3.63) is 63.6 Å². The fraction of sp³-hybridized carbons (Fsp3) is 0.217. The molecule has 0 aliphatic rings. The zero-order valence-corrected chi connectivity index (χ0v) is 19.4. The number of anilines is 1. The second-order valence-corrected chi connectivity index (χ2v) is 9.25. The van der Waals surface area contributed by atoms with E-state index in [-0.39, 0.29) is 11.8 Å². The minimum absolute atomic E-state index is 0.00182. The summed E-state index contributed by atoms with van der Waals surface area (Å²) in [4.78, 5) is 35.5. The second-order valence-electron chi connectivity index (χ2n) is 7.33. The van der Waals surface area contributed by atoms with Crippen LogP contribution in [0.3, 0.4) is 0 Å². The third kappa shape index (κ3) is 5.49. The molecule has 164 valence electrons. The van der Waals surface area contributed by atoms with Gasteiger partial charge in [-0.1, -0.05) is 24.3 Å². The van der Waals surface area contributed by atoms with Crippen LogP contribution in [-0.4, -0.2) is 33.3 Å². The molecule has 0 fully saturated rings. The number of amides is 2. The lowest BCUT2D eigenvalue weighted by atomic mass is 10.1. The van der Waals surface area contributed by atoms with E-state index in [1.807, 2.05) is 29.8 Å². The van der Waals surface area contributed by atoms with E-state index in [0.29, 0.717) is 17.4 Å². The van der Waals surface area contributed by atoms with Gasteiger partial charge in [0, 0.05) is 41.6 Å². The number of H-pyrrole nitrogens is 1. The molecule has 3 N–H and O–H groups in total. The highest BCUT2D eigenvalue weighted by molar-refractivity contribution is 7.14. The van der Waals surface area contributed by atoms with Crippen LogP contribution >= 0.6 is 22.7 Å². The molecule has 0 saturated heterocycles. The van der Waals surface area contributed by atoms with Crippen LogP contribution in [0.2, 0.25) is 0 Å². The number of aryl methyl sites for hydroxylation is 2. The molecule has 0 radical (unpaired) electrons. The van der Waals surface area contributed by atoms with Gasteiger partial charge in [-0.3, -0.25) is 14.9 Å². The molecule has 4 aromatic rings. The number of nitrogens with one attached hydrogen (secondary N) is 3. The Morgan fingerprint density at radius 1 is 1.03 bits per heavy atom. The fourth-order valence-corrected chi connectivity index (χ4v) is 4.53. The Bertz CT molecular complexity index is 1220. The quantitative estimate of drug-likeness (QED) is 0.323. The Kier molecular flexibility index (Phi) is 6.77. The highest BCUT2D eigenvalue weighted by Crippen LogP contribution is 2.26. The van der Waals surface area contributed by atoms with Gasteiger partial charge in [0.15, 0.2) is 5.13 Å². The number of carbonyl (C=O) groups is 2. The van der Waals surface area contributed by atoms with Gasteiger partial charge in [-0.25, -0.2) is 9.97 Å². The van der Waals surface area contributed by atoms with Crippen molar-refractivity contribution >= 4 is 39.6 Å². The average Bonchev–Trinajstić information content (AvgIpc) is 3.52. The Morgan fingerprint density at radius 2 is 1.78 bits per heavy atom. The van der Waals surface area contributed by atoms with Gasteiger partial charge in [-0.05, 0) is 31.4 Å². The summed E-state index contributed by atoms with van der Waals surface area (Å²) in [6, 6.07) is 9.99. The van der Waals surface area contributed by atoms with Crippen LogP contribution in [0, 0.1) is 6.92 Å². The molecule has 3 heterocycles. The minimum Gasteiger partial charge on any atom is -0.357 e. The van der Waals surface area contributed by atoms with E-state index in [4.69, 9.17) is 0 Å². The predicted octanol–water partition coefficient (Wildman–Crippen LogP) is 4.89. The number of nitrogens with zero attached hydrogens (tertiary/aromatic N) is 2. The van der Waals surface area contributed by atoms with Crippen LogP contribution in [0.25, 0.3) is 22.5 Å². The molecule has 32 heavy (non-hydrogen) atoms. The molecule has 9 heteroatoms. The molecule has 2 amide bonds. The first-order valence-corrected chi connectivity index (χ1v) is 12.0. The van der Waals surface area contributed by atoms with Crippen molar-refractivity contribution in [2.45, 2.75) is 26.7 Å². The van der Waals surface area contributed by atoms with E-state index in [1.54, 1.807) is 23.6 Å². The van der Waals surface area contributed by atoms with Gasteiger partial charge in [0.1, 0.15) is 5.69 Å². The normalized spacial score (nSPS) is 10.8. The van der Waals surface area contributed by atoms with Crippen molar-refractivity contribution in [2.75, 3.05) is 11.9 Å². The molecular formula is C23H23N5O2S2. The number of hydrogen-bond acceptors (Lipinski definition) is 6. The number of carbonyl (C=O) groups excluding carboxylic acids is 2. The monoisotopic (exact) mass is 465 g/mol. The van der Waals surface area contributed by atoms with E-state index in [1.165, 1.54) is 23.8 Å². The highest BCUT2D eigenvalue weighted by Gasteiger charge is 2.13. The van der Waals surface area contributed by atoms with Crippen molar-refractivity contribution in [3.63, 3.8) is 0 Å². The van der Waals surface area contributed by atoms with Crippen LogP contribution in [-0.2, 0) is 11.2 Å². The predicted molar refractivity (Wildman–Crippen MR) is 129 cm³/mol. The van der Waals surface area contributed by atoms with Crippen molar-refractivity contribution in [3.8, 4) is 22.5 Å². The molecule has 0 spiro atoms. The summed E-state index contributed by atoms with van der Waals surface area (Å²) in [5.74, 6) is -0.239. The van der Waals surface area contributed by atoms with Gasteiger partial charge >= 0.3 is 0 Å². The van der Waals surface area contributed by atoms with Gasteiger partial charge in [0.2, 0.25) is 5.91 Å². The molecule has 0 saturated carbocycles. The topological polar surface area (TPSA) is 99.8 Å². The van der Waals surface area contributed by atoms with E-state index in [2.05, 4.69) is 37.7 Å². The van der Waals surface area contributed by atoms with Crippen LogP contribution in [0.4, 0.5) is 5.13 Å². The Morgan fingerprint density at radius 3 is 2.50 bits per heavy atom. The van der Waals surface area contributed by atoms with E-state index in [0.717, 1.165) is 40.4 Å². The highest BCUT2D eigenvalue weighted by atomic mass is 32.1. The van der Waals surface area contributed by atoms with Crippen molar-refractivity contribution in [1.82, 2.24) is 20.3 Å². The first kappa shape index (κ1) is 21.9. The summed E-state index contributed by atoms with van der Waals surface area (Å²) >= 11 is 2.97. The number of aromatic amines is 1. The molecular weight excluding hydrogens is 442 g/mol. The van der Waals surface area contributed by atoms with E-state index >= 15 is 0 Å². The second kappa shape index (κ2) is 9.88. The summed E-state index contributed by atoms with van der Waals surface area (Å²) in [6.45, 7) is 4.16. The van der Waals surface area contributed by atoms with Crippen LogP contribution in [0.5, 0.6) is 0 Å².